The first kappa shape index (κ1) is 14.3. The first-order valence-corrected chi connectivity index (χ1v) is 8.42. The largest absolute Gasteiger partial charge is 0.431 e. The topological polar surface area (TPSA) is 64.2 Å². The Hall–Kier alpha value is -2.28. The number of amides is 1. The van der Waals surface area contributed by atoms with Gasteiger partial charge in [-0.05, 0) is 25.0 Å². The molecule has 0 unspecified atom stereocenters. The summed E-state index contributed by atoms with van der Waals surface area (Å²) in [4.78, 5) is 18.9. The molecule has 1 aliphatic rings. The first-order valence-electron chi connectivity index (χ1n) is 7.54. The van der Waals surface area contributed by atoms with Crippen LogP contribution in [0.15, 0.2) is 46.2 Å². The van der Waals surface area contributed by atoms with Crippen LogP contribution >= 0.6 is 11.8 Å². The van der Waals surface area contributed by atoms with Gasteiger partial charge in [0.1, 0.15) is 5.52 Å². The molecule has 7 heteroatoms. The molecule has 1 atom stereocenters. The molecule has 118 valence electrons. The fourth-order valence-corrected chi connectivity index (χ4v) is 3.79. The highest BCUT2D eigenvalue weighted by Crippen LogP contribution is 2.33. The van der Waals surface area contributed by atoms with E-state index in [-0.39, 0.29) is 11.2 Å². The maximum atomic E-state index is 12.7. The van der Waals surface area contributed by atoms with Crippen molar-refractivity contribution in [3.63, 3.8) is 0 Å². The molecule has 0 bridgehead atoms. The fraction of sp³-hybridized carbons (Fsp3) is 0.312. The summed E-state index contributed by atoms with van der Waals surface area (Å²) in [6.45, 7) is 0.709. The van der Waals surface area contributed by atoms with E-state index in [1.165, 1.54) is 11.8 Å². The van der Waals surface area contributed by atoms with Crippen LogP contribution in [0.2, 0.25) is 0 Å². The molecule has 6 nitrogen and oxygen atoms in total. The van der Waals surface area contributed by atoms with Crippen molar-refractivity contribution >= 4 is 34.6 Å². The highest BCUT2D eigenvalue weighted by Gasteiger charge is 2.32. The Balaban J connectivity index is 1.55. The number of oxazole rings is 1. The van der Waals surface area contributed by atoms with Crippen molar-refractivity contribution in [1.82, 2.24) is 14.8 Å². The second-order valence-corrected chi connectivity index (χ2v) is 6.69. The van der Waals surface area contributed by atoms with Crippen LogP contribution in [0.5, 0.6) is 0 Å². The van der Waals surface area contributed by atoms with E-state index in [0.717, 1.165) is 23.9 Å². The van der Waals surface area contributed by atoms with E-state index in [0.29, 0.717) is 17.6 Å². The summed E-state index contributed by atoms with van der Waals surface area (Å²) in [5, 5.41) is 4.70. The number of fused-ring (bicyclic) bond motifs is 1. The molecule has 1 fully saturated rings. The smallest absolute Gasteiger partial charge is 0.257 e. The van der Waals surface area contributed by atoms with Gasteiger partial charge in [0, 0.05) is 25.9 Å². The second-order valence-electron chi connectivity index (χ2n) is 5.53. The van der Waals surface area contributed by atoms with Gasteiger partial charge in [0.15, 0.2) is 11.4 Å². The number of hydrogen-bond acceptors (Lipinski definition) is 5. The maximum absolute atomic E-state index is 12.7. The molecular formula is C16H16N4O2S. The van der Waals surface area contributed by atoms with E-state index >= 15 is 0 Å². The molecule has 3 aromatic rings. The Morgan fingerprint density at radius 1 is 1.30 bits per heavy atom. The molecule has 0 saturated carbocycles. The Labute approximate surface area is 137 Å². The average Bonchev–Trinajstić information content (AvgIpc) is 3.15. The lowest BCUT2D eigenvalue weighted by Crippen LogP contribution is -2.43. The third-order valence-electron chi connectivity index (χ3n) is 3.88. The van der Waals surface area contributed by atoms with Gasteiger partial charge < -0.3 is 4.42 Å². The molecule has 0 N–H and O–H groups in total. The standard InChI is InChI=1S/C16H16N4O2S/c1-19-10-8-14(18-19)20-9-4-7-13(15(20)21)23-16-17-11-5-2-3-6-12(11)22-16/h2-3,5-6,8,10,13H,4,7,9H2,1H3/t13-/m0/s1. The molecule has 3 heterocycles. The molecule has 0 aliphatic carbocycles. The van der Waals surface area contributed by atoms with Crippen molar-refractivity contribution in [3.8, 4) is 0 Å². The highest BCUT2D eigenvalue weighted by molar-refractivity contribution is 8.00. The molecular weight excluding hydrogens is 312 g/mol. The molecule has 0 spiro atoms. The minimum Gasteiger partial charge on any atom is -0.431 e. The van der Waals surface area contributed by atoms with Crippen molar-refractivity contribution in [2.75, 3.05) is 11.4 Å². The summed E-state index contributed by atoms with van der Waals surface area (Å²) < 4.78 is 7.43. The summed E-state index contributed by atoms with van der Waals surface area (Å²) in [5.41, 5.74) is 1.57. The number of hydrogen-bond donors (Lipinski definition) is 0. The Morgan fingerprint density at radius 2 is 2.17 bits per heavy atom. The van der Waals surface area contributed by atoms with Crippen LogP contribution < -0.4 is 4.90 Å². The van der Waals surface area contributed by atoms with Gasteiger partial charge in [-0.2, -0.15) is 5.10 Å². The van der Waals surface area contributed by atoms with E-state index in [1.807, 2.05) is 43.6 Å². The molecule has 0 radical (unpaired) electrons. The number of carbonyl (C=O) groups excluding carboxylic acids is 1. The molecule has 23 heavy (non-hydrogen) atoms. The van der Waals surface area contributed by atoms with Gasteiger partial charge in [0.05, 0.1) is 5.25 Å². The zero-order valence-electron chi connectivity index (χ0n) is 12.7. The van der Waals surface area contributed by atoms with Gasteiger partial charge in [-0.15, -0.1) is 0 Å². The third-order valence-corrected chi connectivity index (χ3v) is 4.98. The SMILES string of the molecule is Cn1ccc(N2CCC[C@H](Sc3nc4ccccc4o3)C2=O)n1. The molecule has 1 aliphatic heterocycles. The number of nitrogens with zero attached hydrogens (tertiary/aromatic N) is 4. The normalized spacial score (nSPS) is 18.7. The second kappa shape index (κ2) is 5.73. The highest BCUT2D eigenvalue weighted by atomic mass is 32.2. The lowest BCUT2D eigenvalue weighted by Gasteiger charge is -2.29. The van der Waals surface area contributed by atoms with Gasteiger partial charge in [-0.1, -0.05) is 23.9 Å². The predicted molar refractivity (Wildman–Crippen MR) is 88.4 cm³/mol. The third kappa shape index (κ3) is 2.72. The van der Waals surface area contributed by atoms with Gasteiger partial charge >= 0.3 is 0 Å². The van der Waals surface area contributed by atoms with Crippen molar-refractivity contribution in [3.05, 3.63) is 36.5 Å². The van der Waals surface area contributed by atoms with Crippen LogP contribution in [-0.4, -0.2) is 32.5 Å². The predicted octanol–water partition coefficient (Wildman–Crippen LogP) is 2.85. The van der Waals surface area contributed by atoms with Crippen molar-refractivity contribution in [1.29, 1.82) is 0 Å². The fourth-order valence-electron chi connectivity index (χ4n) is 2.75. The number of carbonyl (C=O) groups is 1. The van der Waals surface area contributed by atoms with E-state index in [2.05, 4.69) is 10.1 Å². The van der Waals surface area contributed by atoms with Crippen molar-refractivity contribution in [2.45, 2.75) is 23.3 Å². The minimum absolute atomic E-state index is 0.0715. The number of para-hydroxylation sites is 2. The monoisotopic (exact) mass is 328 g/mol. The van der Waals surface area contributed by atoms with Crippen LogP contribution in [0.1, 0.15) is 12.8 Å². The van der Waals surface area contributed by atoms with Crippen LogP contribution in [0, 0.1) is 0 Å². The van der Waals surface area contributed by atoms with Crippen molar-refractivity contribution in [2.24, 2.45) is 7.05 Å². The van der Waals surface area contributed by atoms with Crippen LogP contribution in [0.25, 0.3) is 11.1 Å². The number of anilines is 1. The summed E-state index contributed by atoms with van der Waals surface area (Å²) in [5.74, 6) is 0.780. The summed E-state index contributed by atoms with van der Waals surface area (Å²) in [6.07, 6.45) is 3.62. The lowest BCUT2D eigenvalue weighted by atomic mass is 10.1. The summed E-state index contributed by atoms with van der Waals surface area (Å²) in [6, 6.07) is 9.50. The van der Waals surface area contributed by atoms with E-state index in [4.69, 9.17) is 4.42 Å². The van der Waals surface area contributed by atoms with Crippen LogP contribution in [0.3, 0.4) is 0 Å². The molecule has 1 amide bonds. The first-order chi connectivity index (χ1) is 11.2. The Bertz CT molecular complexity index is 824. The number of thioether (sulfide) groups is 1. The van der Waals surface area contributed by atoms with E-state index in [1.54, 1.807) is 9.58 Å². The number of rotatable bonds is 3. The summed E-state index contributed by atoms with van der Waals surface area (Å²) >= 11 is 1.40. The van der Waals surface area contributed by atoms with Gasteiger partial charge in [0.2, 0.25) is 5.91 Å². The Kier molecular flexibility index (Phi) is 3.57. The molecule has 1 saturated heterocycles. The maximum Gasteiger partial charge on any atom is 0.257 e. The lowest BCUT2D eigenvalue weighted by molar-refractivity contribution is -0.119. The van der Waals surface area contributed by atoms with E-state index < -0.39 is 0 Å². The number of benzene rings is 1. The van der Waals surface area contributed by atoms with Gasteiger partial charge in [-0.25, -0.2) is 4.98 Å². The Morgan fingerprint density at radius 3 is 2.96 bits per heavy atom. The zero-order chi connectivity index (χ0) is 15.8. The van der Waals surface area contributed by atoms with Gasteiger partial charge in [-0.3, -0.25) is 14.4 Å². The summed E-state index contributed by atoms with van der Waals surface area (Å²) in [7, 11) is 1.85. The van der Waals surface area contributed by atoms with E-state index in [9.17, 15) is 4.79 Å². The quantitative estimate of drug-likeness (QED) is 0.740. The number of aromatic nitrogens is 3. The van der Waals surface area contributed by atoms with Crippen LogP contribution in [0.4, 0.5) is 5.82 Å². The number of piperidine rings is 1. The minimum atomic E-state index is -0.182. The average molecular weight is 328 g/mol. The van der Waals surface area contributed by atoms with Gasteiger partial charge in [0.25, 0.3) is 5.22 Å². The molecule has 2 aromatic heterocycles. The van der Waals surface area contributed by atoms with Crippen molar-refractivity contribution < 1.29 is 9.21 Å². The zero-order valence-corrected chi connectivity index (χ0v) is 13.5. The molecule has 1 aromatic carbocycles. The molecule has 4 rings (SSSR count). The van der Waals surface area contributed by atoms with Crippen LogP contribution in [-0.2, 0) is 11.8 Å². The number of aryl methyl sites for hydroxylation is 1.